The zero-order valence-electron chi connectivity index (χ0n) is 6.05. The molecule has 0 aliphatic rings. The third-order valence-electron chi connectivity index (χ3n) is 1.43. The third kappa shape index (κ3) is 2.25. The van der Waals surface area contributed by atoms with Crippen LogP contribution in [-0.4, -0.2) is 9.94 Å². The van der Waals surface area contributed by atoms with Crippen LogP contribution < -0.4 is 0 Å². The molecule has 0 amide bonds. The van der Waals surface area contributed by atoms with Crippen molar-refractivity contribution in [3.8, 4) is 0 Å². The molecule has 1 aromatic carbocycles. The maximum atomic E-state index is 12.5. The second kappa shape index (κ2) is 3.49. The van der Waals surface area contributed by atoms with Crippen LogP contribution in [0.2, 0.25) is 0 Å². The maximum Gasteiger partial charge on any atom is 0.330 e. The van der Waals surface area contributed by atoms with E-state index in [1.807, 2.05) is 0 Å². The first-order valence-corrected chi connectivity index (χ1v) is 4.11. The van der Waals surface area contributed by atoms with Crippen LogP contribution in [0.15, 0.2) is 30.3 Å². The van der Waals surface area contributed by atoms with Gasteiger partial charge in [-0.3, -0.25) is 0 Å². The molecule has 1 rings (SSSR count). The smallest absolute Gasteiger partial charge is 0.330 e. The van der Waals surface area contributed by atoms with Gasteiger partial charge < -0.3 is 5.11 Å². The highest BCUT2D eigenvalue weighted by atomic mass is 79.9. The molecule has 0 radical (unpaired) electrons. The fourth-order valence-corrected chi connectivity index (χ4v) is 1.09. The summed E-state index contributed by atoms with van der Waals surface area (Å²) in [6.07, 6.45) is -1.79. The number of hydrogen-bond donors (Lipinski definition) is 1. The number of hydrogen-bond acceptors (Lipinski definition) is 1. The van der Waals surface area contributed by atoms with Crippen LogP contribution in [0.1, 0.15) is 11.7 Å². The molecule has 1 atom stereocenters. The molecule has 1 N–H and O–H groups in total. The van der Waals surface area contributed by atoms with Crippen LogP contribution in [-0.2, 0) is 0 Å². The van der Waals surface area contributed by atoms with Gasteiger partial charge in [0.15, 0.2) is 6.10 Å². The maximum absolute atomic E-state index is 12.5. The molecule has 0 fully saturated rings. The van der Waals surface area contributed by atoms with Gasteiger partial charge in [0.2, 0.25) is 0 Å². The minimum Gasteiger partial charge on any atom is -0.381 e. The standard InChI is InChI=1S/C8H7BrF2O/c9-8(10,11)7(12)6-4-2-1-3-5-6/h1-5,7,12H. The van der Waals surface area contributed by atoms with Gasteiger partial charge in [0, 0.05) is 0 Å². The summed E-state index contributed by atoms with van der Waals surface area (Å²) in [4.78, 5) is -3.27. The van der Waals surface area contributed by atoms with Crippen molar-refractivity contribution in [1.29, 1.82) is 0 Å². The number of halogens is 3. The number of benzene rings is 1. The Hall–Kier alpha value is -0.480. The third-order valence-corrected chi connectivity index (χ3v) is 1.86. The fourth-order valence-electron chi connectivity index (χ4n) is 0.824. The van der Waals surface area contributed by atoms with E-state index in [0.717, 1.165) is 0 Å². The van der Waals surface area contributed by atoms with Crippen molar-refractivity contribution in [2.75, 3.05) is 0 Å². The van der Waals surface area contributed by atoms with E-state index in [2.05, 4.69) is 15.9 Å². The summed E-state index contributed by atoms with van der Waals surface area (Å²) in [5.74, 6) is 0. The average Bonchev–Trinajstić information content (AvgIpc) is 2.03. The van der Waals surface area contributed by atoms with E-state index in [0.29, 0.717) is 0 Å². The minimum absolute atomic E-state index is 0.194. The van der Waals surface area contributed by atoms with Crippen molar-refractivity contribution in [2.45, 2.75) is 10.9 Å². The largest absolute Gasteiger partial charge is 0.381 e. The predicted octanol–water partition coefficient (Wildman–Crippen LogP) is 2.71. The van der Waals surface area contributed by atoms with Crippen LogP contribution in [0, 0.1) is 0 Å². The van der Waals surface area contributed by atoms with E-state index in [4.69, 9.17) is 5.11 Å². The highest BCUT2D eigenvalue weighted by molar-refractivity contribution is 9.10. The lowest BCUT2D eigenvalue weighted by Gasteiger charge is -2.16. The monoisotopic (exact) mass is 236 g/mol. The number of alkyl halides is 3. The predicted molar refractivity (Wildman–Crippen MR) is 45.3 cm³/mol. The summed E-state index contributed by atoms with van der Waals surface area (Å²) in [7, 11) is 0. The molecule has 0 heterocycles. The number of rotatable bonds is 2. The van der Waals surface area contributed by atoms with Gasteiger partial charge in [-0.25, -0.2) is 0 Å². The second-order valence-electron chi connectivity index (χ2n) is 2.35. The molecule has 1 aromatic rings. The Morgan fingerprint density at radius 3 is 2.17 bits per heavy atom. The van der Waals surface area contributed by atoms with Crippen LogP contribution in [0.3, 0.4) is 0 Å². The summed E-state index contributed by atoms with van der Waals surface area (Å²) in [5.41, 5.74) is 0.194. The quantitative estimate of drug-likeness (QED) is 0.784. The van der Waals surface area contributed by atoms with Crippen molar-refractivity contribution in [3.05, 3.63) is 35.9 Å². The fraction of sp³-hybridized carbons (Fsp3) is 0.250. The Morgan fingerprint density at radius 2 is 1.75 bits per heavy atom. The lowest BCUT2D eigenvalue weighted by Crippen LogP contribution is -2.17. The van der Waals surface area contributed by atoms with Gasteiger partial charge in [-0.1, -0.05) is 30.3 Å². The molecule has 66 valence electrons. The molecule has 0 spiro atoms. The molecule has 0 aliphatic carbocycles. The van der Waals surface area contributed by atoms with Crippen molar-refractivity contribution >= 4 is 15.9 Å². The summed E-state index contributed by atoms with van der Waals surface area (Å²) >= 11 is 2.10. The Morgan fingerprint density at radius 1 is 1.25 bits per heavy atom. The summed E-state index contributed by atoms with van der Waals surface area (Å²) < 4.78 is 24.9. The van der Waals surface area contributed by atoms with Gasteiger partial charge in [0.1, 0.15) is 0 Å². The second-order valence-corrected chi connectivity index (χ2v) is 3.41. The molecule has 1 unspecified atom stereocenters. The van der Waals surface area contributed by atoms with Gasteiger partial charge in [0.25, 0.3) is 0 Å². The topological polar surface area (TPSA) is 20.2 Å². The van der Waals surface area contributed by atoms with Crippen molar-refractivity contribution in [1.82, 2.24) is 0 Å². The Labute approximate surface area is 77.2 Å². The van der Waals surface area contributed by atoms with Gasteiger partial charge in [0.05, 0.1) is 0 Å². The number of aliphatic hydroxyl groups is 1. The minimum atomic E-state index is -3.27. The molecule has 1 nitrogen and oxygen atoms in total. The van der Waals surface area contributed by atoms with Crippen LogP contribution in [0.25, 0.3) is 0 Å². The molecule has 0 saturated carbocycles. The molecule has 0 bridgehead atoms. The molecule has 4 heteroatoms. The molecular weight excluding hydrogens is 230 g/mol. The van der Waals surface area contributed by atoms with E-state index in [1.165, 1.54) is 12.1 Å². The van der Waals surface area contributed by atoms with E-state index in [1.54, 1.807) is 18.2 Å². The summed E-state index contributed by atoms with van der Waals surface area (Å²) in [5, 5.41) is 9.06. The van der Waals surface area contributed by atoms with Crippen molar-refractivity contribution in [2.24, 2.45) is 0 Å². The molecule has 0 aromatic heterocycles. The van der Waals surface area contributed by atoms with E-state index in [9.17, 15) is 8.78 Å². The highest BCUT2D eigenvalue weighted by Gasteiger charge is 2.35. The normalized spacial score (nSPS) is 14.3. The summed E-state index contributed by atoms with van der Waals surface area (Å²) in [6.45, 7) is 0. The zero-order chi connectivity index (χ0) is 9.19. The zero-order valence-corrected chi connectivity index (χ0v) is 7.63. The van der Waals surface area contributed by atoms with Crippen molar-refractivity contribution in [3.63, 3.8) is 0 Å². The Kier molecular flexibility index (Phi) is 2.80. The first kappa shape index (κ1) is 9.61. The van der Waals surface area contributed by atoms with Gasteiger partial charge in [-0.15, -0.1) is 0 Å². The lowest BCUT2D eigenvalue weighted by atomic mass is 10.1. The first-order chi connectivity index (χ1) is 5.52. The average molecular weight is 237 g/mol. The van der Waals surface area contributed by atoms with Crippen molar-refractivity contribution < 1.29 is 13.9 Å². The van der Waals surface area contributed by atoms with Crippen LogP contribution >= 0.6 is 15.9 Å². The van der Waals surface area contributed by atoms with E-state index in [-0.39, 0.29) is 5.56 Å². The first-order valence-electron chi connectivity index (χ1n) is 3.31. The highest BCUT2D eigenvalue weighted by Crippen LogP contribution is 2.36. The van der Waals surface area contributed by atoms with E-state index < -0.39 is 10.9 Å². The lowest BCUT2D eigenvalue weighted by molar-refractivity contribution is -0.0294. The van der Waals surface area contributed by atoms with E-state index >= 15 is 0 Å². The number of aliphatic hydroxyl groups excluding tert-OH is 1. The SMILES string of the molecule is OC(c1ccccc1)C(F)(F)Br. The van der Waals surface area contributed by atoms with Gasteiger partial charge >= 0.3 is 4.83 Å². The molecule has 0 saturated heterocycles. The van der Waals surface area contributed by atoms with Crippen LogP contribution in [0.4, 0.5) is 8.78 Å². The molecular formula is C8H7BrF2O. The van der Waals surface area contributed by atoms with Crippen LogP contribution in [0.5, 0.6) is 0 Å². The molecule has 0 aliphatic heterocycles. The van der Waals surface area contributed by atoms with Gasteiger partial charge in [-0.05, 0) is 21.5 Å². The Bertz CT molecular complexity index is 245. The van der Waals surface area contributed by atoms with Gasteiger partial charge in [-0.2, -0.15) is 8.78 Å². The Balaban J connectivity index is 2.86. The molecule has 12 heavy (non-hydrogen) atoms. The summed E-state index contributed by atoms with van der Waals surface area (Å²) in [6, 6.07) is 7.77.